The van der Waals surface area contributed by atoms with Crippen LogP contribution in [0.5, 0.6) is 0 Å². The van der Waals surface area contributed by atoms with Gasteiger partial charge in [0.25, 0.3) is 0 Å². The zero-order chi connectivity index (χ0) is 9.80. The topological polar surface area (TPSA) is 50.9 Å². The fourth-order valence-electron chi connectivity index (χ4n) is 1.98. The second kappa shape index (κ2) is 4.53. The van der Waals surface area contributed by atoms with E-state index in [0.29, 0.717) is 12.5 Å². The van der Waals surface area contributed by atoms with Crippen molar-refractivity contribution in [2.45, 2.75) is 25.3 Å². The standard InChI is InChI=1S/C11H17N3/c12-5-9-4-11(8-14-6-9)10-2-1-3-13-7-10/h4,6,8,10,13H,1-3,5,7,12H2. The van der Waals surface area contributed by atoms with E-state index in [1.165, 1.54) is 18.4 Å². The Hall–Kier alpha value is -0.930. The van der Waals surface area contributed by atoms with Gasteiger partial charge in [-0.25, -0.2) is 0 Å². The molecule has 14 heavy (non-hydrogen) atoms. The first-order chi connectivity index (χ1) is 6.90. The Bertz CT molecular complexity index is 292. The number of pyridine rings is 1. The maximum atomic E-state index is 5.59. The molecule has 0 amide bonds. The lowest BCUT2D eigenvalue weighted by atomic mass is 9.92. The molecule has 1 saturated heterocycles. The van der Waals surface area contributed by atoms with E-state index in [1.54, 1.807) is 0 Å². The highest BCUT2D eigenvalue weighted by Crippen LogP contribution is 2.22. The van der Waals surface area contributed by atoms with E-state index in [0.717, 1.165) is 18.7 Å². The smallest absolute Gasteiger partial charge is 0.0312 e. The molecule has 0 saturated carbocycles. The normalized spacial score (nSPS) is 22.2. The molecule has 1 aromatic heterocycles. The van der Waals surface area contributed by atoms with Crippen LogP contribution in [0.4, 0.5) is 0 Å². The fourth-order valence-corrected chi connectivity index (χ4v) is 1.98. The molecule has 2 heterocycles. The van der Waals surface area contributed by atoms with Gasteiger partial charge in [0, 0.05) is 25.5 Å². The van der Waals surface area contributed by atoms with Crippen molar-refractivity contribution in [3.8, 4) is 0 Å². The van der Waals surface area contributed by atoms with Crippen LogP contribution in [0.15, 0.2) is 18.5 Å². The minimum atomic E-state index is 0.584. The summed E-state index contributed by atoms with van der Waals surface area (Å²) in [5, 5.41) is 3.41. The molecule has 1 aliphatic heterocycles. The number of rotatable bonds is 2. The largest absolute Gasteiger partial charge is 0.326 e. The van der Waals surface area contributed by atoms with Gasteiger partial charge in [-0.1, -0.05) is 6.07 Å². The Morgan fingerprint density at radius 2 is 2.43 bits per heavy atom. The summed E-state index contributed by atoms with van der Waals surface area (Å²) in [7, 11) is 0. The Labute approximate surface area is 84.7 Å². The lowest BCUT2D eigenvalue weighted by Crippen LogP contribution is -2.28. The highest BCUT2D eigenvalue weighted by Gasteiger charge is 2.15. The summed E-state index contributed by atoms with van der Waals surface area (Å²) in [4.78, 5) is 4.22. The van der Waals surface area contributed by atoms with Crippen molar-refractivity contribution >= 4 is 0 Å². The van der Waals surface area contributed by atoms with E-state index < -0.39 is 0 Å². The predicted octanol–water partition coefficient (Wildman–Crippen LogP) is 1.01. The summed E-state index contributed by atoms with van der Waals surface area (Å²) in [6, 6.07) is 2.19. The summed E-state index contributed by atoms with van der Waals surface area (Å²) < 4.78 is 0. The van der Waals surface area contributed by atoms with Crippen molar-refractivity contribution in [1.82, 2.24) is 10.3 Å². The maximum Gasteiger partial charge on any atom is 0.0312 e. The summed E-state index contributed by atoms with van der Waals surface area (Å²) in [6.07, 6.45) is 6.34. The van der Waals surface area contributed by atoms with Gasteiger partial charge in [0.2, 0.25) is 0 Å². The van der Waals surface area contributed by atoms with Crippen molar-refractivity contribution in [2.75, 3.05) is 13.1 Å². The molecule has 0 aliphatic carbocycles. The lowest BCUT2D eigenvalue weighted by Gasteiger charge is -2.23. The van der Waals surface area contributed by atoms with Gasteiger partial charge in [0.1, 0.15) is 0 Å². The van der Waals surface area contributed by atoms with Crippen molar-refractivity contribution in [3.63, 3.8) is 0 Å². The molecule has 0 radical (unpaired) electrons. The van der Waals surface area contributed by atoms with Crippen molar-refractivity contribution in [1.29, 1.82) is 0 Å². The Morgan fingerprint density at radius 3 is 3.14 bits per heavy atom. The van der Waals surface area contributed by atoms with E-state index in [1.807, 2.05) is 12.4 Å². The summed E-state index contributed by atoms with van der Waals surface area (Å²) in [5.41, 5.74) is 8.06. The Balaban J connectivity index is 2.13. The molecule has 3 nitrogen and oxygen atoms in total. The monoisotopic (exact) mass is 191 g/mol. The maximum absolute atomic E-state index is 5.59. The minimum absolute atomic E-state index is 0.584. The van der Waals surface area contributed by atoms with Crippen molar-refractivity contribution in [3.05, 3.63) is 29.6 Å². The number of hydrogen-bond donors (Lipinski definition) is 2. The molecule has 1 fully saturated rings. The average Bonchev–Trinajstić information content (AvgIpc) is 2.30. The van der Waals surface area contributed by atoms with Gasteiger partial charge < -0.3 is 11.1 Å². The number of nitrogens with two attached hydrogens (primary N) is 1. The van der Waals surface area contributed by atoms with Crippen LogP contribution < -0.4 is 11.1 Å². The quantitative estimate of drug-likeness (QED) is 0.733. The van der Waals surface area contributed by atoms with E-state index >= 15 is 0 Å². The van der Waals surface area contributed by atoms with Crippen molar-refractivity contribution < 1.29 is 0 Å². The molecular weight excluding hydrogens is 174 g/mol. The molecule has 2 rings (SSSR count). The second-order valence-corrected chi connectivity index (χ2v) is 3.87. The molecule has 1 aromatic rings. The van der Waals surface area contributed by atoms with Crippen LogP contribution in [-0.4, -0.2) is 18.1 Å². The summed E-state index contributed by atoms with van der Waals surface area (Å²) in [6.45, 7) is 2.82. The molecule has 3 N–H and O–H groups in total. The van der Waals surface area contributed by atoms with E-state index in [4.69, 9.17) is 5.73 Å². The first-order valence-electron chi connectivity index (χ1n) is 5.25. The van der Waals surface area contributed by atoms with Crippen LogP contribution in [0.2, 0.25) is 0 Å². The van der Waals surface area contributed by atoms with Gasteiger partial charge in [-0.15, -0.1) is 0 Å². The van der Waals surface area contributed by atoms with E-state index in [-0.39, 0.29) is 0 Å². The Kier molecular flexibility index (Phi) is 3.11. The third kappa shape index (κ3) is 2.11. The average molecular weight is 191 g/mol. The van der Waals surface area contributed by atoms with E-state index in [2.05, 4.69) is 16.4 Å². The van der Waals surface area contributed by atoms with Crippen LogP contribution in [0, 0.1) is 0 Å². The highest BCUT2D eigenvalue weighted by atomic mass is 14.9. The van der Waals surface area contributed by atoms with Gasteiger partial charge >= 0.3 is 0 Å². The molecule has 1 atom stereocenters. The fraction of sp³-hybridized carbons (Fsp3) is 0.545. The first kappa shape index (κ1) is 9.62. The molecular formula is C11H17N3. The second-order valence-electron chi connectivity index (χ2n) is 3.87. The van der Waals surface area contributed by atoms with Crippen LogP contribution in [-0.2, 0) is 6.54 Å². The van der Waals surface area contributed by atoms with Crippen LogP contribution in [0.3, 0.4) is 0 Å². The highest BCUT2D eigenvalue weighted by molar-refractivity contribution is 5.22. The Morgan fingerprint density at radius 1 is 1.50 bits per heavy atom. The van der Waals surface area contributed by atoms with Gasteiger partial charge in [0.05, 0.1) is 0 Å². The molecule has 1 unspecified atom stereocenters. The first-order valence-corrected chi connectivity index (χ1v) is 5.25. The van der Waals surface area contributed by atoms with Gasteiger partial charge in [-0.3, -0.25) is 4.98 Å². The number of hydrogen-bond acceptors (Lipinski definition) is 3. The molecule has 3 heteroatoms. The van der Waals surface area contributed by atoms with Gasteiger partial charge in [-0.2, -0.15) is 0 Å². The van der Waals surface area contributed by atoms with Crippen molar-refractivity contribution in [2.24, 2.45) is 5.73 Å². The molecule has 0 aromatic carbocycles. The minimum Gasteiger partial charge on any atom is -0.326 e. The molecule has 0 bridgehead atoms. The number of aromatic nitrogens is 1. The zero-order valence-corrected chi connectivity index (χ0v) is 8.37. The summed E-state index contributed by atoms with van der Waals surface area (Å²) in [5.74, 6) is 0.628. The van der Waals surface area contributed by atoms with Crippen LogP contribution in [0.25, 0.3) is 0 Å². The van der Waals surface area contributed by atoms with E-state index in [9.17, 15) is 0 Å². The number of piperidine rings is 1. The molecule has 76 valence electrons. The van der Waals surface area contributed by atoms with Gasteiger partial charge in [0.15, 0.2) is 0 Å². The SMILES string of the molecule is NCc1cncc(C2CCCNC2)c1. The lowest BCUT2D eigenvalue weighted by molar-refractivity contribution is 0.460. The number of nitrogens with zero attached hydrogens (tertiary/aromatic N) is 1. The van der Waals surface area contributed by atoms with Gasteiger partial charge in [-0.05, 0) is 36.4 Å². The zero-order valence-electron chi connectivity index (χ0n) is 8.37. The third-order valence-corrected chi connectivity index (χ3v) is 2.82. The third-order valence-electron chi connectivity index (χ3n) is 2.82. The predicted molar refractivity (Wildman–Crippen MR) is 57.0 cm³/mol. The molecule has 0 spiro atoms. The van der Waals surface area contributed by atoms with Crippen LogP contribution in [0.1, 0.15) is 29.9 Å². The summed E-state index contributed by atoms with van der Waals surface area (Å²) >= 11 is 0. The number of nitrogens with one attached hydrogen (secondary N) is 1. The molecule has 1 aliphatic rings. The van der Waals surface area contributed by atoms with Crippen LogP contribution >= 0.6 is 0 Å².